The summed E-state index contributed by atoms with van der Waals surface area (Å²) in [6.07, 6.45) is 4.43. The van der Waals surface area contributed by atoms with Crippen LogP contribution in [0.15, 0.2) is 0 Å². The Morgan fingerprint density at radius 1 is 0.947 bits per heavy atom. The Morgan fingerprint density at radius 3 is 2.37 bits per heavy atom. The van der Waals surface area contributed by atoms with Crippen LogP contribution in [0.5, 0.6) is 0 Å². The molecular formula is C14H23F2NO2. The zero-order chi connectivity index (χ0) is 13.3. The fraction of sp³-hybridized carbons (Fsp3) is 1.00. The topological polar surface area (TPSA) is 21.7 Å². The van der Waals surface area contributed by atoms with Crippen molar-refractivity contribution >= 4 is 0 Å². The molecule has 0 aromatic heterocycles. The van der Waals surface area contributed by atoms with Gasteiger partial charge in [-0.1, -0.05) is 0 Å². The van der Waals surface area contributed by atoms with Crippen LogP contribution >= 0.6 is 0 Å². The van der Waals surface area contributed by atoms with Crippen LogP contribution in [0, 0.1) is 0 Å². The number of nitrogens with zero attached hydrogens (tertiary/aromatic N) is 1. The summed E-state index contributed by atoms with van der Waals surface area (Å²) >= 11 is 0. The summed E-state index contributed by atoms with van der Waals surface area (Å²) in [5, 5.41) is 0. The molecule has 3 aliphatic rings. The maximum Gasteiger partial charge on any atom is 0.248 e. The highest BCUT2D eigenvalue weighted by molar-refractivity contribution is 4.89. The van der Waals surface area contributed by atoms with Crippen LogP contribution in [-0.2, 0) is 9.47 Å². The fourth-order valence-electron chi connectivity index (χ4n) is 3.55. The van der Waals surface area contributed by atoms with Crippen LogP contribution in [0.2, 0.25) is 0 Å². The molecule has 2 aliphatic heterocycles. The summed E-state index contributed by atoms with van der Waals surface area (Å²) in [7, 11) is 0. The molecule has 5 heteroatoms. The van der Waals surface area contributed by atoms with Crippen molar-refractivity contribution in [2.24, 2.45) is 0 Å². The standard InChI is InChI=1S/C14H23F2NO2/c15-13(16)6-3-12(4-7-13)17-8-10-19-14(11-17)5-1-2-9-18-14/h12H,1-11H2. The van der Waals surface area contributed by atoms with Crippen LogP contribution in [0.3, 0.4) is 0 Å². The first-order valence-corrected chi connectivity index (χ1v) is 7.48. The fourth-order valence-corrected chi connectivity index (χ4v) is 3.55. The number of morpholine rings is 1. The van der Waals surface area contributed by atoms with Gasteiger partial charge in [-0.25, -0.2) is 8.78 Å². The van der Waals surface area contributed by atoms with Gasteiger partial charge in [0, 0.05) is 31.8 Å². The van der Waals surface area contributed by atoms with Crippen molar-refractivity contribution in [3.05, 3.63) is 0 Å². The minimum Gasteiger partial charge on any atom is -0.349 e. The Hall–Kier alpha value is -0.260. The van der Waals surface area contributed by atoms with Crippen molar-refractivity contribution in [1.29, 1.82) is 0 Å². The predicted octanol–water partition coefficient (Wildman–Crippen LogP) is 2.79. The van der Waals surface area contributed by atoms with E-state index >= 15 is 0 Å². The number of halogens is 2. The lowest BCUT2D eigenvalue weighted by Gasteiger charge is -2.48. The first kappa shape index (κ1) is 13.7. The summed E-state index contributed by atoms with van der Waals surface area (Å²) in [6, 6.07) is 0.283. The molecule has 3 fully saturated rings. The van der Waals surface area contributed by atoms with Crippen molar-refractivity contribution in [3.8, 4) is 0 Å². The Labute approximate surface area is 113 Å². The number of rotatable bonds is 1. The molecule has 1 atom stereocenters. The van der Waals surface area contributed by atoms with Crippen LogP contribution in [-0.4, -0.2) is 49.0 Å². The Morgan fingerprint density at radius 2 is 1.68 bits per heavy atom. The summed E-state index contributed by atoms with van der Waals surface area (Å²) in [5.74, 6) is -2.89. The largest absolute Gasteiger partial charge is 0.349 e. The molecule has 1 aliphatic carbocycles. The molecule has 110 valence electrons. The van der Waals surface area contributed by atoms with E-state index in [0.717, 1.165) is 39.0 Å². The molecule has 3 rings (SSSR count). The first-order chi connectivity index (χ1) is 9.09. The zero-order valence-corrected chi connectivity index (χ0v) is 11.4. The monoisotopic (exact) mass is 275 g/mol. The minimum absolute atomic E-state index is 0.0306. The summed E-state index contributed by atoms with van der Waals surface area (Å²) in [5.41, 5.74) is 0. The molecule has 3 nitrogen and oxygen atoms in total. The lowest BCUT2D eigenvalue weighted by Crippen LogP contribution is -2.58. The lowest BCUT2D eigenvalue weighted by atomic mass is 9.90. The van der Waals surface area contributed by atoms with Gasteiger partial charge < -0.3 is 9.47 Å². The second-order valence-electron chi connectivity index (χ2n) is 6.12. The van der Waals surface area contributed by atoms with Crippen molar-refractivity contribution in [1.82, 2.24) is 4.90 Å². The molecule has 0 amide bonds. The average molecular weight is 275 g/mol. The highest BCUT2D eigenvalue weighted by Gasteiger charge is 2.43. The number of ether oxygens (including phenoxy) is 2. The normalized spacial score (nSPS) is 37.6. The van der Waals surface area contributed by atoms with E-state index in [9.17, 15) is 8.78 Å². The van der Waals surface area contributed by atoms with Gasteiger partial charge in [0.25, 0.3) is 0 Å². The van der Waals surface area contributed by atoms with E-state index in [4.69, 9.17) is 9.47 Å². The molecule has 0 aromatic carbocycles. The number of hydrogen-bond donors (Lipinski definition) is 0. The van der Waals surface area contributed by atoms with E-state index in [2.05, 4.69) is 4.90 Å². The Bertz CT molecular complexity index is 303. The molecule has 0 aromatic rings. The molecule has 0 bridgehead atoms. The van der Waals surface area contributed by atoms with E-state index in [0.29, 0.717) is 19.4 Å². The van der Waals surface area contributed by atoms with Gasteiger partial charge in [-0.3, -0.25) is 4.90 Å². The van der Waals surface area contributed by atoms with Gasteiger partial charge in [-0.05, 0) is 25.7 Å². The third-order valence-corrected chi connectivity index (χ3v) is 4.71. The highest BCUT2D eigenvalue weighted by atomic mass is 19.3. The summed E-state index contributed by atoms with van der Waals surface area (Å²) in [4.78, 5) is 2.32. The van der Waals surface area contributed by atoms with Gasteiger partial charge in [0.2, 0.25) is 5.92 Å². The Kier molecular flexibility index (Phi) is 3.80. The summed E-state index contributed by atoms with van der Waals surface area (Å²) < 4.78 is 38.2. The SMILES string of the molecule is FC1(F)CCC(N2CCOC3(CCCCO3)C2)CC1. The second-order valence-corrected chi connectivity index (χ2v) is 6.12. The Balaban J connectivity index is 1.59. The van der Waals surface area contributed by atoms with Gasteiger partial charge in [0.05, 0.1) is 19.8 Å². The van der Waals surface area contributed by atoms with E-state index in [1.54, 1.807) is 0 Å². The van der Waals surface area contributed by atoms with Crippen molar-refractivity contribution < 1.29 is 18.3 Å². The summed E-state index contributed by atoms with van der Waals surface area (Å²) in [6.45, 7) is 3.02. The van der Waals surface area contributed by atoms with E-state index < -0.39 is 11.7 Å². The minimum atomic E-state index is -2.44. The molecular weight excluding hydrogens is 252 g/mol. The molecule has 19 heavy (non-hydrogen) atoms. The predicted molar refractivity (Wildman–Crippen MR) is 67.3 cm³/mol. The molecule has 1 unspecified atom stereocenters. The van der Waals surface area contributed by atoms with Gasteiger partial charge in [0.15, 0.2) is 5.79 Å². The average Bonchev–Trinajstić information content (AvgIpc) is 2.39. The third kappa shape index (κ3) is 3.09. The molecule has 2 saturated heterocycles. The van der Waals surface area contributed by atoms with E-state index in [-0.39, 0.29) is 18.9 Å². The van der Waals surface area contributed by atoms with Crippen molar-refractivity contribution in [2.45, 2.75) is 62.7 Å². The molecule has 0 radical (unpaired) electrons. The molecule has 0 N–H and O–H groups in total. The zero-order valence-electron chi connectivity index (χ0n) is 11.4. The first-order valence-electron chi connectivity index (χ1n) is 7.48. The van der Waals surface area contributed by atoms with Gasteiger partial charge in [-0.2, -0.15) is 0 Å². The van der Waals surface area contributed by atoms with E-state index in [1.807, 2.05) is 0 Å². The van der Waals surface area contributed by atoms with Crippen molar-refractivity contribution in [3.63, 3.8) is 0 Å². The quantitative estimate of drug-likeness (QED) is 0.734. The van der Waals surface area contributed by atoms with E-state index in [1.165, 1.54) is 0 Å². The van der Waals surface area contributed by atoms with Crippen LogP contribution < -0.4 is 0 Å². The van der Waals surface area contributed by atoms with Gasteiger partial charge in [0.1, 0.15) is 0 Å². The highest BCUT2D eigenvalue weighted by Crippen LogP contribution is 2.37. The van der Waals surface area contributed by atoms with Crippen molar-refractivity contribution in [2.75, 3.05) is 26.3 Å². The van der Waals surface area contributed by atoms with Crippen LogP contribution in [0.1, 0.15) is 44.9 Å². The maximum absolute atomic E-state index is 13.2. The van der Waals surface area contributed by atoms with Gasteiger partial charge >= 0.3 is 0 Å². The lowest BCUT2D eigenvalue weighted by molar-refractivity contribution is -0.287. The molecule has 1 saturated carbocycles. The van der Waals surface area contributed by atoms with Crippen LogP contribution in [0.4, 0.5) is 8.78 Å². The second kappa shape index (κ2) is 5.26. The van der Waals surface area contributed by atoms with Crippen LogP contribution in [0.25, 0.3) is 0 Å². The smallest absolute Gasteiger partial charge is 0.248 e. The maximum atomic E-state index is 13.2. The molecule has 1 spiro atoms. The number of alkyl halides is 2. The number of hydrogen-bond acceptors (Lipinski definition) is 3. The third-order valence-electron chi connectivity index (χ3n) is 4.71. The van der Waals surface area contributed by atoms with Gasteiger partial charge in [-0.15, -0.1) is 0 Å². The molecule has 2 heterocycles.